The minimum Gasteiger partial charge on any atom is -0.388 e. The van der Waals surface area contributed by atoms with Gasteiger partial charge in [0.15, 0.2) is 6.29 Å². The quantitative estimate of drug-likeness (QED) is 0.0663. The summed E-state index contributed by atoms with van der Waals surface area (Å²) >= 11 is 0. The molecule has 0 saturated carbocycles. The monoisotopic (exact) mass is 895 g/mol. The van der Waals surface area contributed by atoms with E-state index in [4.69, 9.17) is 14.2 Å². The Balaban J connectivity index is 1.72. The van der Waals surface area contributed by atoms with Gasteiger partial charge >= 0.3 is 138 Å². The van der Waals surface area contributed by atoms with E-state index in [-0.39, 0.29) is 55.7 Å². The second-order valence-corrected chi connectivity index (χ2v) is 25.6. The van der Waals surface area contributed by atoms with E-state index in [2.05, 4.69) is 43.7 Å². The van der Waals surface area contributed by atoms with Gasteiger partial charge in [-0.1, -0.05) is 34.6 Å². The summed E-state index contributed by atoms with van der Waals surface area (Å²) in [6.07, 6.45) is 7.83. The third-order valence-electron chi connectivity index (χ3n) is 14.4. The number of nitrogens with zero attached hydrogens (tertiary/aromatic N) is 2. The zero-order chi connectivity index (χ0) is 46.4. The smallest absolute Gasteiger partial charge is 0.129 e. The second-order valence-electron chi connectivity index (χ2n) is 20.8. The number of benzene rings is 1. The molecular formula is C50H91N2O9P. The van der Waals surface area contributed by atoms with Crippen LogP contribution in [-0.2, 0) is 23.8 Å². The van der Waals surface area contributed by atoms with Crippen LogP contribution in [0.25, 0.3) is 0 Å². The van der Waals surface area contributed by atoms with Gasteiger partial charge < -0.3 is 44.4 Å². The van der Waals surface area contributed by atoms with E-state index < -0.39 is 67.1 Å². The first-order chi connectivity index (χ1) is 29.1. The van der Waals surface area contributed by atoms with E-state index in [0.717, 1.165) is 25.7 Å². The number of rotatable bonds is 18. The number of hydrogen-bond acceptors (Lipinski definition) is 10. The number of hydrogen-bond donors (Lipinski definition) is 4. The molecule has 0 bridgehead atoms. The number of carbonyl (C=O) groups excluding carboxylic acids is 2. The Morgan fingerprint density at radius 1 is 0.903 bits per heavy atom. The Bertz CT molecular complexity index is 1460. The van der Waals surface area contributed by atoms with E-state index >= 15 is 0 Å². The molecule has 2 fully saturated rings. The number of unbranched alkanes of at least 4 members (excludes halogenated alkanes) is 8. The van der Waals surface area contributed by atoms with Crippen molar-refractivity contribution in [2.75, 3.05) is 40.1 Å². The molecule has 0 radical (unpaired) electrons. The number of aliphatic hydroxyl groups is 4. The number of carbonyl (C=O) groups is 2. The molecule has 3 rings (SSSR count). The van der Waals surface area contributed by atoms with Crippen molar-refractivity contribution in [3.63, 3.8) is 0 Å². The molecule has 1 unspecified atom stereocenters. The van der Waals surface area contributed by atoms with E-state index in [9.17, 15) is 30.0 Å². The molecule has 0 aromatic heterocycles. The first kappa shape index (κ1) is 54.6. The summed E-state index contributed by atoms with van der Waals surface area (Å²) in [4.78, 5) is 31.6. The predicted molar refractivity (Wildman–Crippen MR) is 255 cm³/mol. The molecule has 11 nitrogen and oxygen atoms in total. The van der Waals surface area contributed by atoms with Gasteiger partial charge in [-0.05, 0) is 78.8 Å². The normalized spacial score (nSPS) is 35.0. The molecule has 62 heavy (non-hydrogen) atoms. The van der Waals surface area contributed by atoms with Crippen LogP contribution in [-0.4, -0.2) is 142 Å². The molecule has 1 aromatic carbocycles. The van der Waals surface area contributed by atoms with Gasteiger partial charge in [-0.2, -0.15) is 0 Å². The van der Waals surface area contributed by atoms with Gasteiger partial charge in [0, 0.05) is 12.6 Å². The molecular weight excluding hydrogens is 804 g/mol. The number of esters is 1. The van der Waals surface area contributed by atoms with Gasteiger partial charge in [-0.25, -0.2) is 0 Å². The summed E-state index contributed by atoms with van der Waals surface area (Å²) in [5, 5.41) is 49.5. The zero-order valence-electron chi connectivity index (χ0n) is 41.0. The van der Waals surface area contributed by atoms with Crippen molar-refractivity contribution in [2.45, 2.75) is 212 Å². The fraction of sp³-hybridized carbons (Fsp3) is 0.840. The Morgan fingerprint density at radius 3 is 2.05 bits per heavy atom. The summed E-state index contributed by atoms with van der Waals surface area (Å²) < 4.78 is 18.8. The van der Waals surface area contributed by atoms with Crippen molar-refractivity contribution in [3.05, 3.63) is 30.3 Å². The average molecular weight is 895 g/mol. The van der Waals surface area contributed by atoms with E-state index in [0.29, 0.717) is 19.3 Å². The van der Waals surface area contributed by atoms with Gasteiger partial charge in [0.05, 0.1) is 29.8 Å². The molecule has 12 heteroatoms. The van der Waals surface area contributed by atoms with Gasteiger partial charge in [0.1, 0.15) is 23.9 Å². The van der Waals surface area contributed by atoms with Crippen molar-refractivity contribution in [1.29, 1.82) is 0 Å². The Hall–Kier alpha value is -1.69. The third-order valence-corrected chi connectivity index (χ3v) is 17.9. The van der Waals surface area contributed by atoms with Gasteiger partial charge in [0.25, 0.3) is 0 Å². The van der Waals surface area contributed by atoms with Crippen LogP contribution in [0.2, 0.25) is 0 Å². The molecule has 4 N–H and O–H groups in total. The SMILES string of the molecule is CC[C@H]1OC(=O)[C@H](C)C[C@H](C)[C@@H](O[C@@H]2O[C@H](C)C[C@H](N(C)C)[C@H]2O)[C@](C)(O)C[C@@H](C)CN(C(=O)CCCCCCCCCCC[PH](C)(C)c2ccccc2)[C@H](C)[C@@H](O)C1(O)CC. The predicted octanol–water partition coefficient (Wildman–Crippen LogP) is 7.53. The van der Waals surface area contributed by atoms with Crippen molar-refractivity contribution in [3.8, 4) is 0 Å². The van der Waals surface area contributed by atoms with Crippen molar-refractivity contribution in [1.82, 2.24) is 9.80 Å². The van der Waals surface area contributed by atoms with Gasteiger partial charge in [0.2, 0.25) is 0 Å². The first-order valence-electron chi connectivity index (χ1n) is 24.4. The number of amides is 1. The van der Waals surface area contributed by atoms with E-state index in [1.54, 1.807) is 37.9 Å². The summed E-state index contributed by atoms with van der Waals surface area (Å²) in [6, 6.07) is 9.97. The van der Waals surface area contributed by atoms with Crippen LogP contribution in [0.4, 0.5) is 0 Å². The fourth-order valence-corrected chi connectivity index (χ4v) is 13.0. The maximum Gasteiger partial charge on any atom is 0.129 e. The topological polar surface area (TPSA) is 149 Å². The molecule has 1 amide bonds. The Morgan fingerprint density at radius 2 is 1.48 bits per heavy atom. The van der Waals surface area contributed by atoms with Crippen LogP contribution in [0, 0.1) is 17.8 Å². The van der Waals surface area contributed by atoms with E-state index in [1.165, 1.54) is 38.3 Å². The van der Waals surface area contributed by atoms with Crippen molar-refractivity contribution < 1.29 is 44.2 Å². The number of cyclic esters (lactones) is 1. The maximum absolute atomic E-state index is 14.2. The van der Waals surface area contributed by atoms with Gasteiger partial charge in [-0.3, -0.25) is 9.59 Å². The maximum atomic E-state index is 14.2. The first-order valence-corrected chi connectivity index (χ1v) is 27.6. The second kappa shape index (κ2) is 25.3. The number of ether oxygens (including phenoxy) is 3. The molecule has 1 aromatic rings. The van der Waals surface area contributed by atoms with Crippen LogP contribution in [0.5, 0.6) is 0 Å². The Kier molecular flexibility index (Phi) is 22.3. The van der Waals surface area contributed by atoms with Crippen molar-refractivity contribution in [2.24, 2.45) is 17.8 Å². The van der Waals surface area contributed by atoms with Crippen LogP contribution in [0.1, 0.15) is 152 Å². The summed E-state index contributed by atoms with van der Waals surface area (Å²) in [5.74, 6) is -1.91. The molecule has 13 atom stereocenters. The van der Waals surface area contributed by atoms with Crippen LogP contribution in [0.15, 0.2) is 30.3 Å². The van der Waals surface area contributed by atoms with Crippen LogP contribution in [0.3, 0.4) is 0 Å². The molecule has 2 aliphatic heterocycles. The molecule has 2 heterocycles. The fourth-order valence-electron chi connectivity index (χ4n) is 10.5. The summed E-state index contributed by atoms with van der Waals surface area (Å²) in [7, 11) is 2.45. The average Bonchev–Trinajstić information content (AvgIpc) is 3.22. The third kappa shape index (κ3) is 15.5. The summed E-state index contributed by atoms with van der Waals surface area (Å²) in [5.41, 5.74) is -3.27. The minimum absolute atomic E-state index is 0.112. The van der Waals surface area contributed by atoms with Crippen LogP contribution < -0.4 is 5.30 Å². The van der Waals surface area contributed by atoms with Crippen molar-refractivity contribution >= 4 is 24.4 Å². The summed E-state index contributed by atoms with van der Waals surface area (Å²) in [6.45, 7) is 19.8. The Labute approximate surface area is 377 Å². The number of aliphatic hydroxyl groups excluding tert-OH is 2. The molecule has 360 valence electrons. The van der Waals surface area contributed by atoms with Gasteiger partial charge in [-0.15, -0.1) is 0 Å². The standard InChI is InChI=1S/C50H91N2O9P/c1-13-42-50(58,14-2)45(55)39(7)52(43(53)29-25-20-18-16-15-17-19-21-26-30-62(11,12)40-27-23-22-24-28-40)34-35(3)33-49(8,57)46(36(4)31-37(5)47(56)60-42)61-48-44(54)41(51(9)10)32-38(6)59-48/h22-24,27-28,35-39,41-42,44-46,48,54-55,57-58,62H,13-21,25-26,29-34H2,1-12H3/t35-,36+,37-,38-,39-,41+,42-,44-,45-,46-,48+,49-,50?/m1/s1. The zero-order valence-corrected chi connectivity index (χ0v) is 42.0. The molecule has 0 aliphatic carbocycles. The molecule has 2 aliphatic rings. The minimum atomic E-state index is -1.80. The molecule has 0 spiro atoms. The van der Waals surface area contributed by atoms with E-state index in [1.807, 2.05) is 46.7 Å². The number of likely N-dealkylation sites (N-methyl/N-ethyl adjacent to an activating group) is 1. The molecule has 2 saturated heterocycles. The van der Waals surface area contributed by atoms with Crippen LogP contribution >= 0.6 is 7.26 Å². The largest absolute Gasteiger partial charge is 0.388 e.